The van der Waals surface area contributed by atoms with Crippen LogP contribution in [0.15, 0.2) is 46.9 Å². The van der Waals surface area contributed by atoms with Crippen molar-refractivity contribution in [3.05, 3.63) is 63.9 Å². The number of halogens is 2. The number of carboxylic acid groups (broad SMARTS) is 1. The molecular formula is C16H15BrFNO2. The Morgan fingerprint density at radius 3 is 2.57 bits per heavy atom. The number of nitrogens with zero attached hydrogens (tertiary/aromatic N) is 1. The van der Waals surface area contributed by atoms with Crippen molar-refractivity contribution in [1.29, 1.82) is 0 Å². The lowest BCUT2D eigenvalue weighted by atomic mass is 10.0. The topological polar surface area (TPSA) is 40.5 Å². The first-order valence-electron chi connectivity index (χ1n) is 6.42. The molecule has 0 saturated carbocycles. The Morgan fingerprint density at radius 1 is 1.29 bits per heavy atom. The summed E-state index contributed by atoms with van der Waals surface area (Å²) in [6, 6.07) is 11.1. The summed E-state index contributed by atoms with van der Waals surface area (Å²) in [4.78, 5) is 13.1. The molecule has 2 aromatic rings. The van der Waals surface area contributed by atoms with Crippen LogP contribution in [0.4, 0.5) is 10.1 Å². The fourth-order valence-corrected chi connectivity index (χ4v) is 2.56. The number of hydrogen-bond donors (Lipinski definition) is 1. The molecule has 0 aliphatic rings. The molecule has 0 aliphatic heterocycles. The standard InChI is InChI=1S/C16H15BrFNO2/c1-10(12-5-3-4-6-14(12)18)19(2)15-9-11(17)7-8-13(15)16(20)21/h3-10H,1-2H3,(H,20,21). The van der Waals surface area contributed by atoms with E-state index in [-0.39, 0.29) is 17.4 Å². The quantitative estimate of drug-likeness (QED) is 0.882. The molecule has 1 unspecified atom stereocenters. The number of carboxylic acids is 1. The molecule has 0 fully saturated rings. The van der Waals surface area contributed by atoms with Crippen LogP contribution in [-0.2, 0) is 0 Å². The molecule has 0 saturated heterocycles. The Hall–Kier alpha value is -1.88. The van der Waals surface area contributed by atoms with Crippen molar-refractivity contribution < 1.29 is 14.3 Å². The van der Waals surface area contributed by atoms with Gasteiger partial charge in [0.15, 0.2) is 0 Å². The molecule has 0 heterocycles. The van der Waals surface area contributed by atoms with E-state index in [0.717, 1.165) is 4.47 Å². The summed E-state index contributed by atoms with van der Waals surface area (Å²) in [6.45, 7) is 1.84. The van der Waals surface area contributed by atoms with Crippen molar-refractivity contribution in [2.45, 2.75) is 13.0 Å². The van der Waals surface area contributed by atoms with Crippen LogP contribution >= 0.6 is 15.9 Å². The Kier molecular flexibility index (Phi) is 4.63. The number of aromatic carboxylic acids is 1. The van der Waals surface area contributed by atoms with Crippen molar-refractivity contribution in [2.75, 3.05) is 11.9 Å². The third kappa shape index (κ3) is 3.24. The maximum absolute atomic E-state index is 13.9. The summed E-state index contributed by atoms with van der Waals surface area (Å²) in [7, 11) is 1.76. The Morgan fingerprint density at radius 2 is 1.95 bits per heavy atom. The van der Waals surface area contributed by atoms with Gasteiger partial charge in [-0.1, -0.05) is 34.1 Å². The number of anilines is 1. The second-order valence-corrected chi connectivity index (χ2v) is 5.69. The van der Waals surface area contributed by atoms with Crippen LogP contribution in [0, 0.1) is 5.82 Å². The predicted molar refractivity (Wildman–Crippen MR) is 84.3 cm³/mol. The molecule has 110 valence electrons. The molecule has 2 rings (SSSR count). The molecule has 3 nitrogen and oxygen atoms in total. The highest BCUT2D eigenvalue weighted by Gasteiger charge is 2.20. The first-order chi connectivity index (χ1) is 9.91. The first-order valence-corrected chi connectivity index (χ1v) is 7.21. The zero-order valence-electron chi connectivity index (χ0n) is 11.7. The van der Waals surface area contributed by atoms with E-state index in [1.165, 1.54) is 12.1 Å². The van der Waals surface area contributed by atoms with Crippen molar-refractivity contribution in [3.63, 3.8) is 0 Å². The summed E-state index contributed by atoms with van der Waals surface area (Å²) in [5.74, 6) is -1.31. The molecule has 0 amide bonds. The van der Waals surface area contributed by atoms with Gasteiger partial charge in [0.25, 0.3) is 0 Å². The Bertz CT molecular complexity index is 675. The second kappa shape index (κ2) is 6.26. The minimum absolute atomic E-state index is 0.184. The van der Waals surface area contributed by atoms with Crippen molar-refractivity contribution in [1.82, 2.24) is 0 Å². The van der Waals surface area contributed by atoms with Crippen LogP contribution in [0.1, 0.15) is 28.9 Å². The third-order valence-corrected chi connectivity index (χ3v) is 4.00. The zero-order chi connectivity index (χ0) is 15.6. The van der Waals surface area contributed by atoms with E-state index >= 15 is 0 Å². The number of rotatable bonds is 4. The van der Waals surface area contributed by atoms with Gasteiger partial charge in [-0.15, -0.1) is 0 Å². The van der Waals surface area contributed by atoms with Crippen LogP contribution in [0.5, 0.6) is 0 Å². The zero-order valence-corrected chi connectivity index (χ0v) is 13.3. The molecule has 0 radical (unpaired) electrons. The van der Waals surface area contributed by atoms with E-state index in [1.807, 2.05) is 6.92 Å². The van der Waals surface area contributed by atoms with Gasteiger partial charge in [0.1, 0.15) is 5.82 Å². The van der Waals surface area contributed by atoms with E-state index in [0.29, 0.717) is 11.3 Å². The van der Waals surface area contributed by atoms with Crippen molar-refractivity contribution in [3.8, 4) is 0 Å². The average Bonchev–Trinajstić information content (AvgIpc) is 2.45. The normalized spacial score (nSPS) is 12.0. The van der Waals surface area contributed by atoms with E-state index in [1.54, 1.807) is 42.3 Å². The lowest BCUT2D eigenvalue weighted by Gasteiger charge is -2.29. The highest BCUT2D eigenvalue weighted by atomic mass is 79.9. The van der Waals surface area contributed by atoms with Gasteiger partial charge >= 0.3 is 5.97 Å². The minimum atomic E-state index is -1.01. The van der Waals surface area contributed by atoms with Crippen molar-refractivity contribution in [2.24, 2.45) is 0 Å². The summed E-state index contributed by atoms with van der Waals surface area (Å²) >= 11 is 3.34. The largest absolute Gasteiger partial charge is 0.478 e. The lowest BCUT2D eigenvalue weighted by Crippen LogP contribution is -2.24. The number of benzene rings is 2. The maximum atomic E-state index is 13.9. The predicted octanol–water partition coefficient (Wildman–Crippen LogP) is 4.48. The molecule has 1 atom stereocenters. The summed E-state index contributed by atoms with van der Waals surface area (Å²) < 4.78 is 14.7. The minimum Gasteiger partial charge on any atom is -0.478 e. The van der Waals surface area contributed by atoms with E-state index in [9.17, 15) is 14.3 Å². The van der Waals surface area contributed by atoms with Gasteiger partial charge in [0.05, 0.1) is 17.3 Å². The number of carbonyl (C=O) groups is 1. The van der Waals surface area contributed by atoms with E-state index in [4.69, 9.17) is 0 Å². The highest BCUT2D eigenvalue weighted by Crippen LogP contribution is 2.31. The van der Waals surface area contributed by atoms with Gasteiger partial charge in [-0.05, 0) is 31.2 Å². The second-order valence-electron chi connectivity index (χ2n) is 4.78. The monoisotopic (exact) mass is 351 g/mol. The third-order valence-electron chi connectivity index (χ3n) is 3.51. The van der Waals surface area contributed by atoms with Gasteiger partial charge in [0, 0.05) is 17.1 Å². The Labute approximate surface area is 131 Å². The summed E-state index contributed by atoms with van der Waals surface area (Å²) in [5.41, 5.74) is 1.24. The van der Waals surface area contributed by atoms with Gasteiger partial charge < -0.3 is 10.0 Å². The highest BCUT2D eigenvalue weighted by molar-refractivity contribution is 9.10. The molecule has 0 bridgehead atoms. The molecule has 0 aliphatic carbocycles. The number of hydrogen-bond acceptors (Lipinski definition) is 2. The molecule has 2 aromatic carbocycles. The van der Waals surface area contributed by atoms with Crippen LogP contribution in [0.25, 0.3) is 0 Å². The van der Waals surface area contributed by atoms with Gasteiger partial charge in [-0.2, -0.15) is 0 Å². The van der Waals surface area contributed by atoms with E-state index < -0.39 is 5.97 Å². The fourth-order valence-electron chi connectivity index (χ4n) is 2.21. The van der Waals surface area contributed by atoms with Crippen LogP contribution < -0.4 is 4.90 Å². The van der Waals surface area contributed by atoms with E-state index in [2.05, 4.69) is 15.9 Å². The molecule has 5 heteroatoms. The molecule has 1 N–H and O–H groups in total. The van der Waals surface area contributed by atoms with Crippen LogP contribution in [0.2, 0.25) is 0 Å². The molecule has 0 spiro atoms. The maximum Gasteiger partial charge on any atom is 0.337 e. The first kappa shape index (κ1) is 15.5. The lowest BCUT2D eigenvalue weighted by molar-refractivity contribution is 0.0697. The molecular weight excluding hydrogens is 337 g/mol. The molecule has 21 heavy (non-hydrogen) atoms. The average molecular weight is 352 g/mol. The molecule has 0 aromatic heterocycles. The van der Waals surface area contributed by atoms with Crippen LogP contribution in [-0.4, -0.2) is 18.1 Å². The fraction of sp³-hybridized carbons (Fsp3) is 0.188. The van der Waals surface area contributed by atoms with Gasteiger partial charge in [0.2, 0.25) is 0 Å². The smallest absolute Gasteiger partial charge is 0.337 e. The van der Waals surface area contributed by atoms with Gasteiger partial charge in [-0.3, -0.25) is 0 Å². The summed E-state index contributed by atoms with van der Waals surface area (Å²) in [6.07, 6.45) is 0. The van der Waals surface area contributed by atoms with Gasteiger partial charge in [-0.25, -0.2) is 9.18 Å². The summed E-state index contributed by atoms with van der Waals surface area (Å²) in [5, 5.41) is 9.30. The van der Waals surface area contributed by atoms with Crippen LogP contribution in [0.3, 0.4) is 0 Å². The Balaban J connectivity index is 2.44. The van der Waals surface area contributed by atoms with Crippen molar-refractivity contribution >= 4 is 27.6 Å². The SMILES string of the molecule is CC(c1ccccc1F)N(C)c1cc(Br)ccc1C(=O)O.